The van der Waals surface area contributed by atoms with Gasteiger partial charge in [-0.3, -0.25) is 4.99 Å². The largest absolute Gasteiger partial charge is 0.508 e. The van der Waals surface area contributed by atoms with Crippen LogP contribution in [0.1, 0.15) is 20.8 Å². The Morgan fingerprint density at radius 3 is 2.67 bits per heavy atom. The smallest absolute Gasteiger partial charge is 0.117 e. The van der Waals surface area contributed by atoms with Crippen LogP contribution < -0.4 is 0 Å². The Morgan fingerprint density at radius 2 is 2.07 bits per heavy atom. The van der Waals surface area contributed by atoms with Gasteiger partial charge in [-0.25, -0.2) is 0 Å². The Morgan fingerprint density at radius 1 is 1.40 bits per heavy atom. The maximum Gasteiger partial charge on any atom is 0.117 e. The van der Waals surface area contributed by atoms with Crippen LogP contribution in [0.15, 0.2) is 28.5 Å². The lowest BCUT2D eigenvalue weighted by Gasteiger charge is -2.27. The number of allylic oxidation sites excluding steroid dienone is 1. The van der Waals surface area contributed by atoms with Crippen LogP contribution in [0.4, 0.5) is 0 Å². The van der Waals surface area contributed by atoms with E-state index in [1.165, 1.54) is 0 Å². The Kier molecular flexibility index (Phi) is 2.33. The fourth-order valence-electron chi connectivity index (χ4n) is 2.19. The molecule has 1 heterocycles. The maximum atomic E-state index is 9.86. The highest BCUT2D eigenvalue weighted by atomic mass is 16.3. The van der Waals surface area contributed by atoms with E-state index in [4.69, 9.17) is 0 Å². The maximum absolute atomic E-state index is 9.86. The Labute approximate surface area is 90.8 Å². The fraction of sp³-hybridized carbons (Fsp3) is 0.583. The third-order valence-corrected chi connectivity index (χ3v) is 3.24. The molecular weight excluding hydrogens is 188 g/mol. The summed E-state index contributed by atoms with van der Waals surface area (Å²) in [6, 6.07) is 0.385. The van der Waals surface area contributed by atoms with E-state index in [2.05, 4.69) is 29.8 Å². The van der Waals surface area contributed by atoms with Gasteiger partial charge in [0.2, 0.25) is 0 Å². The molecule has 0 aromatic rings. The number of aliphatic hydroxyl groups excluding tert-OH is 1. The van der Waals surface area contributed by atoms with Crippen molar-refractivity contribution in [1.29, 1.82) is 0 Å². The minimum absolute atomic E-state index is 0.0949. The van der Waals surface area contributed by atoms with Crippen LogP contribution in [-0.4, -0.2) is 35.0 Å². The van der Waals surface area contributed by atoms with Crippen molar-refractivity contribution >= 4 is 5.84 Å². The van der Waals surface area contributed by atoms with Gasteiger partial charge in [-0.2, -0.15) is 0 Å². The van der Waals surface area contributed by atoms with Crippen molar-refractivity contribution in [3.8, 4) is 0 Å². The zero-order valence-corrected chi connectivity index (χ0v) is 9.73. The number of aliphatic imine (C=N–C) groups is 1. The molecule has 2 unspecified atom stereocenters. The van der Waals surface area contributed by atoms with Crippen molar-refractivity contribution in [2.24, 2.45) is 10.9 Å². The lowest BCUT2D eigenvalue weighted by Crippen LogP contribution is -2.36. The molecule has 2 rings (SSSR count). The molecule has 0 amide bonds. The number of likely N-dealkylation sites (N-methyl/N-ethyl adjacent to an activating group) is 1. The van der Waals surface area contributed by atoms with Crippen molar-refractivity contribution in [1.82, 2.24) is 4.90 Å². The molecule has 3 nitrogen and oxygen atoms in total. The van der Waals surface area contributed by atoms with E-state index in [-0.39, 0.29) is 6.04 Å². The number of nitrogens with zero attached hydrogens (tertiary/aromatic N) is 2. The summed E-state index contributed by atoms with van der Waals surface area (Å²) in [5.41, 5.74) is 1.04. The van der Waals surface area contributed by atoms with Crippen LogP contribution in [0.25, 0.3) is 0 Å². The molecule has 1 aliphatic carbocycles. The summed E-state index contributed by atoms with van der Waals surface area (Å²) in [7, 11) is 2.05. The number of fused-ring (bicyclic) bond motifs is 1. The lowest BCUT2D eigenvalue weighted by atomic mass is 9.90. The summed E-state index contributed by atoms with van der Waals surface area (Å²) in [6.07, 6.45) is 4.01. The number of rotatable bonds is 1. The van der Waals surface area contributed by atoms with E-state index in [9.17, 15) is 5.11 Å². The highest BCUT2D eigenvalue weighted by Crippen LogP contribution is 2.30. The summed E-state index contributed by atoms with van der Waals surface area (Å²) in [5, 5.41) is 9.86. The molecule has 0 aromatic carbocycles. The van der Waals surface area contributed by atoms with Gasteiger partial charge in [-0.15, -0.1) is 0 Å². The van der Waals surface area contributed by atoms with Gasteiger partial charge < -0.3 is 10.0 Å². The zero-order chi connectivity index (χ0) is 11.2. The molecule has 0 saturated heterocycles. The Bertz CT molecular complexity index is 366. The van der Waals surface area contributed by atoms with E-state index >= 15 is 0 Å². The Balaban J connectivity index is 2.34. The van der Waals surface area contributed by atoms with Gasteiger partial charge in [0, 0.05) is 7.05 Å². The van der Waals surface area contributed by atoms with Gasteiger partial charge in [-0.05, 0) is 24.5 Å². The summed E-state index contributed by atoms with van der Waals surface area (Å²) in [6.45, 7) is 6.20. The molecule has 0 radical (unpaired) electrons. The van der Waals surface area contributed by atoms with Crippen LogP contribution in [0.3, 0.4) is 0 Å². The molecule has 3 heteroatoms. The first-order chi connectivity index (χ1) is 7.00. The summed E-state index contributed by atoms with van der Waals surface area (Å²) in [5.74, 6) is 1.80. The first-order valence-corrected chi connectivity index (χ1v) is 5.41. The van der Waals surface area contributed by atoms with E-state index in [0.717, 1.165) is 11.4 Å². The molecule has 82 valence electrons. The quantitative estimate of drug-likeness (QED) is 0.713. The van der Waals surface area contributed by atoms with Gasteiger partial charge in [0.25, 0.3) is 0 Å². The van der Waals surface area contributed by atoms with Crippen LogP contribution >= 0.6 is 0 Å². The number of aliphatic hydroxyl groups is 1. The van der Waals surface area contributed by atoms with Gasteiger partial charge in [0.15, 0.2) is 0 Å². The molecule has 2 aliphatic rings. The monoisotopic (exact) mass is 206 g/mol. The van der Waals surface area contributed by atoms with E-state index in [1.807, 2.05) is 20.0 Å². The fourth-order valence-corrected chi connectivity index (χ4v) is 2.19. The number of hydrogen-bond donors (Lipinski definition) is 1. The molecule has 0 spiro atoms. The van der Waals surface area contributed by atoms with Crippen molar-refractivity contribution in [2.45, 2.75) is 32.9 Å². The average molecular weight is 206 g/mol. The molecule has 0 aromatic heterocycles. The molecule has 2 atom stereocenters. The number of amidine groups is 1. The van der Waals surface area contributed by atoms with Crippen molar-refractivity contribution < 1.29 is 5.11 Å². The molecule has 1 N–H and O–H groups in total. The van der Waals surface area contributed by atoms with Gasteiger partial charge in [-0.1, -0.05) is 19.9 Å². The predicted octanol–water partition coefficient (Wildman–Crippen LogP) is 2.13. The van der Waals surface area contributed by atoms with Gasteiger partial charge >= 0.3 is 0 Å². The summed E-state index contributed by atoms with van der Waals surface area (Å²) >= 11 is 0. The van der Waals surface area contributed by atoms with E-state index in [0.29, 0.717) is 17.7 Å². The molecule has 0 fully saturated rings. The van der Waals surface area contributed by atoms with Crippen molar-refractivity contribution in [2.75, 3.05) is 7.05 Å². The van der Waals surface area contributed by atoms with E-state index in [1.54, 1.807) is 0 Å². The van der Waals surface area contributed by atoms with Crippen LogP contribution in [0, 0.1) is 5.92 Å². The van der Waals surface area contributed by atoms with E-state index < -0.39 is 0 Å². The SMILES string of the molecule is CC1=NC2C=C(O)C(C(C)C)=CC2N1C. The molecule has 15 heavy (non-hydrogen) atoms. The first kappa shape index (κ1) is 10.3. The van der Waals surface area contributed by atoms with Crippen molar-refractivity contribution in [3.63, 3.8) is 0 Å². The molecular formula is C12H18N2O. The van der Waals surface area contributed by atoms with Crippen molar-refractivity contribution in [3.05, 3.63) is 23.5 Å². The minimum Gasteiger partial charge on any atom is -0.508 e. The Hall–Kier alpha value is -1.25. The second kappa shape index (κ2) is 3.40. The lowest BCUT2D eigenvalue weighted by molar-refractivity contribution is 0.374. The highest BCUT2D eigenvalue weighted by Gasteiger charge is 2.33. The molecule has 1 aliphatic heterocycles. The topological polar surface area (TPSA) is 35.8 Å². The average Bonchev–Trinajstić information content (AvgIpc) is 2.41. The van der Waals surface area contributed by atoms with Crippen LogP contribution in [0.2, 0.25) is 0 Å². The summed E-state index contributed by atoms with van der Waals surface area (Å²) < 4.78 is 0. The third kappa shape index (κ3) is 1.56. The second-order valence-electron chi connectivity index (χ2n) is 4.60. The summed E-state index contributed by atoms with van der Waals surface area (Å²) in [4.78, 5) is 6.66. The standard InChI is InChI=1S/C12H18N2O/c1-7(2)9-5-11-10(6-12(9)15)13-8(3)14(11)4/h5-7,10-11,15H,1-4H3. The highest BCUT2D eigenvalue weighted by molar-refractivity contribution is 5.82. The number of hydrogen-bond acceptors (Lipinski definition) is 3. The predicted molar refractivity (Wildman–Crippen MR) is 62.1 cm³/mol. The minimum atomic E-state index is 0.0949. The normalized spacial score (nSPS) is 29.9. The molecule has 0 saturated carbocycles. The zero-order valence-electron chi connectivity index (χ0n) is 9.73. The third-order valence-electron chi connectivity index (χ3n) is 3.24. The molecule has 0 bridgehead atoms. The van der Waals surface area contributed by atoms with Crippen LogP contribution in [0.5, 0.6) is 0 Å². The second-order valence-corrected chi connectivity index (χ2v) is 4.60. The van der Waals surface area contributed by atoms with Gasteiger partial charge in [0.05, 0.1) is 17.9 Å². The first-order valence-electron chi connectivity index (χ1n) is 5.41. The van der Waals surface area contributed by atoms with Gasteiger partial charge in [0.1, 0.15) is 5.76 Å². The van der Waals surface area contributed by atoms with Crippen LogP contribution in [-0.2, 0) is 0 Å².